The lowest BCUT2D eigenvalue weighted by molar-refractivity contribution is 0.295. The van der Waals surface area contributed by atoms with E-state index < -0.39 is 6.04 Å². The number of hydrogen-bond donors (Lipinski definition) is 4. The topological polar surface area (TPSA) is 203 Å². The molecule has 41 heavy (non-hydrogen) atoms. The summed E-state index contributed by atoms with van der Waals surface area (Å²) >= 11 is 0. The zero-order chi connectivity index (χ0) is 29.1. The Morgan fingerprint density at radius 1 is 1.07 bits per heavy atom. The molecule has 0 aliphatic carbocycles. The summed E-state index contributed by atoms with van der Waals surface area (Å²) in [6, 6.07) is 13.8. The number of anilines is 3. The summed E-state index contributed by atoms with van der Waals surface area (Å²) in [5.74, 6) is 2.98. The number of ether oxygens (including phenoxy) is 3. The highest BCUT2D eigenvalue weighted by Gasteiger charge is 2.31. The Morgan fingerprint density at radius 2 is 1.88 bits per heavy atom. The number of fused-ring (bicyclic) bond motifs is 1. The fourth-order valence-electron chi connectivity index (χ4n) is 4.45. The quantitative estimate of drug-likeness (QED) is 0.192. The van der Waals surface area contributed by atoms with Crippen molar-refractivity contribution in [3.8, 4) is 41.0 Å². The molecule has 0 fully saturated rings. The van der Waals surface area contributed by atoms with Crippen LogP contribution in [0.2, 0.25) is 0 Å². The molecule has 1 atom stereocenters. The molecule has 1 aliphatic rings. The summed E-state index contributed by atoms with van der Waals surface area (Å²) < 4.78 is 23.0. The van der Waals surface area contributed by atoms with Gasteiger partial charge in [-0.25, -0.2) is 15.0 Å². The maximum absolute atomic E-state index is 9.61. The van der Waals surface area contributed by atoms with Crippen LogP contribution in [0.5, 0.6) is 17.2 Å². The van der Waals surface area contributed by atoms with Crippen molar-refractivity contribution in [1.82, 2.24) is 15.3 Å². The summed E-state index contributed by atoms with van der Waals surface area (Å²) in [7, 11) is 3.14. The van der Waals surface area contributed by atoms with E-state index in [1.54, 1.807) is 45.4 Å². The van der Waals surface area contributed by atoms with Gasteiger partial charge in [0.1, 0.15) is 64.6 Å². The van der Waals surface area contributed by atoms with Crippen LogP contribution in [0.1, 0.15) is 34.2 Å². The molecule has 4 aromatic rings. The average molecular weight is 552 g/mol. The number of pyridine rings is 1. The lowest BCUT2D eigenvalue weighted by Gasteiger charge is -2.27. The number of hydrogen-bond acceptors (Lipinski definition) is 13. The number of nitrogen functional groups attached to an aromatic ring is 2. The summed E-state index contributed by atoms with van der Waals surface area (Å²) in [6.07, 6.45) is 1.84. The van der Waals surface area contributed by atoms with Gasteiger partial charge in [-0.2, -0.15) is 10.5 Å². The number of nitrogens with one attached hydrogen (secondary N) is 2. The molecular weight excluding hydrogens is 526 g/mol. The first-order valence-corrected chi connectivity index (χ1v) is 12.3. The third-order valence-electron chi connectivity index (χ3n) is 6.47. The van der Waals surface area contributed by atoms with Crippen LogP contribution >= 0.6 is 0 Å². The van der Waals surface area contributed by atoms with E-state index in [0.29, 0.717) is 51.3 Å². The van der Waals surface area contributed by atoms with Crippen molar-refractivity contribution in [3.05, 3.63) is 70.6 Å². The lowest BCUT2D eigenvalue weighted by Crippen LogP contribution is -2.32. The number of rotatable bonds is 7. The Bertz CT molecular complexity index is 1750. The largest absolute Gasteiger partial charge is 0.497 e. The van der Waals surface area contributed by atoms with Gasteiger partial charge in [0, 0.05) is 11.1 Å². The molecular formula is C28H25N9O4. The van der Waals surface area contributed by atoms with Gasteiger partial charge in [0.15, 0.2) is 6.19 Å². The Balaban J connectivity index is 1.50. The number of oxazole rings is 1. The molecule has 1 aliphatic heterocycles. The van der Waals surface area contributed by atoms with Crippen LogP contribution < -0.4 is 36.3 Å². The van der Waals surface area contributed by atoms with Crippen molar-refractivity contribution in [3.63, 3.8) is 0 Å². The van der Waals surface area contributed by atoms with Crippen LogP contribution in [0, 0.1) is 29.7 Å². The van der Waals surface area contributed by atoms with Crippen molar-refractivity contribution in [2.24, 2.45) is 4.99 Å². The molecule has 3 heterocycles. The molecule has 5 rings (SSSR count). The lowest BCUT2D eigenvalue weighted by atomic mass is 9.94. The van der Waals surface area contributed by atoms with Crippen molar-refractivity contribution in [2.45, 2.75) is 19.6 Å². The zero-order valence-electron chi connectivity index (χ0n) is 22.3. The first-order valence-electron chi connectivity index (χ1n) is 12.3. The first-order chi connectivity index (χ1) is 19.9. The van der Waals surface area contributed by atoms with Gasteiger partial charge in [-0.1, -0.05) is 18.2 Å². The van der Waals surface area contributed by atoms with Gasteiger partial charge in [-0.05, 0) is 31.2 Å². The van der Waals surface area contributed by atoms with Crippen LogP contribution in [0.15, 0.2) is 51.9 Å². The predicted molar refractivity (Wildman–Crippen MR) is 150 cm³/mol. The SMILES string of the molecule is COc1ccc(OC)c(-c2nc(COc3ccccc3C3N=C(NC#N)Nc4nc(N)c(C#N)c(N)c43)c(C)o2)c1. The highest BCUT2D eigenvalue weighted by Crippen LogP contribution is 2.43. The van der Waals surface area contributed by atoms with E-state index in [1.807, 2.05) is 30.5 Å². The summed E-state index contributed by atoms with van der Waals surface area (Å²) in [6.45, 7) is 1.86. The van der Waals surface area contributed by atoms with Crippen molar-refractivity contribution >= 4 is 23.3 Å². The van der Waals surface area contributed by atoms with Gasteiger partial charge < -0.3 is 35.4 Å². The molecule has 206 valence electrons. The molecule has 0 saturated heterocycles. The molecule has 13 heteroatoms. The number of para-hydroxylation sites is 1. The third kappa shape index (κ3) is 4.95. The van der Waals surface area contributed by atoms with Crippen molar-refractivity contribution in [1.29, 1.82) is 10.5 Å². The number of benzene rings is 2. The van der Waals surface area contributed by atoms with Crippen molar-refractivity contribution in [2.75, 3.05) is 31.0 Å². The third-order valence-corrected chi connectivity index (χ3v) is 6.47. The van der Waals surface area contributed by atoms with Crippen LogP contribution in [-0.4, -0.2) is 30.1 Å². The standard InChI is InChI=1S/C28H25N9O4/c1-14-19(34-27(41-14)17-10-15(38-2)8-9-20(17)39-3)12-40-21-7-5-4-6-16(21)24-22-23(31)18(11-29)25(32)36-26(22)37-28(35-24)33-13-30/h4-10,24H,12H2,1-3H3,(H6,31,32,33,35,36,37). The van der Waals surface area contributed by atoms with E-state index in [4.69, 9.17) is 30.1 Å². The Morgan fingerprint density at radius 3 is 2.61 bits per heavy atom. The van der Waals surface area contributed by atoms with E-state index >= 15 is 0 Å². The summed E-state index contributed by atoms with van der Waals surface area (Å²) in [5, 5.41) is 24.2. The van der Waals surface area contributed by atoms with Gasteiger partial charge in [-0.3, -0.25) is 5.32 Å². The number of aromatic nitrogens is 2. The van der Waals surface area contributed by atoms with E-state index in [-0.39, 0.29) is 35.5 Å². The van der Waals surface area contributed by atoms with Crippen LogP contribution in [0.25, 0.3) is 11.5 Å². The number of guanidine groups is 1. The number of methoxy groups -OCH3 is 2. The highest BCUT2D eigenvalue weighted by molar-refractivity contribution is 5.98. The molecule has 1 unspecified atom stereocenters. The van der Waals surface area contributed by atoms with Crippen LogP contribution in [-0.2, 0) is 6.61 Å². The van der Waals surface area contributed by atoms with E-state index in [2.05, 4.69) is 25.6 Å². The van der Waals surface area contributed by atoms with E-state index in [1.165, 1.54) is 0 Å². The van der Waals surface area contributed by atoms with Crippen LogP contribution in [0.3, 0.4) is 0 Å². The van der Waals surface area contributed by atoms with Gasteiger partial charge in [0.25, 0.3) is 0 Å². The fourth-order valence-corrected chi connectivity index (χ4v) is 4.45. The van der Waals surface area contributed by atoms with Gasteiger partial charge in [-0.15, -0.1) is 0 Å². The number of nitriles is 2. The average Bonchev–Trinajstić information content (AvgIpc) is 3.35. The number of aliphatic imine (C=N–C) groups is 1. The number of aryl methyl sites for hydroxylation is 1. The first kappa shape index (κ1) is 26.6. The number of nitrogens with two attached hydrogens (primary N) is 2. The second-order valence-electron chi connectivity index (χ2n) is 8.82. The minimum absolute atomic E-state index is 0.0391. The Hall–Kier alpha value is -5.95. The Labute approximate surface area is 235 Å². The fraction of sp³-hybridized carbons (Fsp3) is 0.179. The highest BCUT2D eigenvalue weighted by atomic mass is 16.5. The minimum Gasteiger partial charge on any atom is -0.497 e. The molecule has 13 nitrogen and oxygen atoms in total. The number of nitrogens with zero attached hydrogens (tertiary/aromatic N) is 5. The maximum atomic E-state index is 9.61. The molecule has 0 bridgehead atoms. The summed E-state index contributed by atoms with van der Waals surface area (Å²) in [4.78, 5) is 13.6. The smallest absolute Gasteiger partial charge is 0.230 e. The van der Waals surface area contributed by atoms with E-state index in [0.717, 1.165) is 0 Å². The van der Waals surface area contributed by atoms with Gasteiger partial charge >= 0.3 is 0 Å². The molecule has 6 N–H and O–H groups in total. The van der Waals surface area contributed by atoms with Gasteiger partial charge in [0.2, 0.25) is 11.9 Å². The molecule has 2 aromatic heterocycles. The normalized spacial score (nSPS) is 13.6. The second kappa shape index (κ2) is 11.0. The van der Waals surface area contributed by atoms with Crippen LogP contribution in [0.4, 0.5) is 17.3 Å². The molecule has 0 saturated carbocycles. The maximum Gasteiger partial charge on any atom is 0.230 e. The monoisotopic (exact) mass is 551 g/mol. The molecule has 0 radical (unpaired) electrons. The molecule has 0 spiro atoms. The molecule has 0 amide bonds. The Kier molecular flexibility index (Phi) is 7.17. The second-order valence-corrected chi connectivity index (χ2v) is 8.82. The molecule has 2 aromatic carbocycles. The van der Waals surface area contributed by atoms with E-state index in [9.17, 15) is 10.5 Å². The zero-order valence-corrected chi connectivity index (χ0v) is 22.3. The predicted octanol–water partition coefficient (Wildman–Crippen LogP) is 3.62. The summed E-state index contributed by atoms with van der Waals surface area (Å²) in [5.41, 5.74) is 14.8. The van der Waals surface area contributed by atoms with Gasteiger partial charge in [0.05, 0.1) is 25.5 Å². The minimum atomic E-state index is -0.770. The van der Waals surface area contributed by atoms with Crippen molar-refractivity contribution < 1.29 is 18.6 Å².